The molecule has 2 atom stereocenters. The zero-order valence-corrected chi connectivity index (χ0v) is 22.8. The fourth-order valence-electron chi connectivity index (χ4n) is 4.35. The topological polar surface area (TPSA) is 116 Å². The van der Waals surface area contributed by atoms with E-state index < -0.39 is 12.1 Å². The molecule has 4 aromatic rings. The van der Waals surface area contributed by atoms with Crippen LogP contribution in [0.15, 0.2) is 29.5 Å². The molecule has 0 saturated carbocycles. The molecule has 1 aliphatic heterocycles. The van der Waals surface area contributed by atoms with Crippen molar-refractivity contribution in [1.82, 2.24) is 30.2 Å². The SMILES string of the molecule is COC(=O)N[C@H](C(=O)N1CCCC1c1ncc(C#Cc2csc3c(C#Cc4cnc[nH]4)csc23)[nH]1)C(C)C. The van der Waals surface area contributed by atoms with Gasteiger partial charge in [0.1, 0.15) is 23.3 Å². The first kappa shape index (κ1) is 25.6. The highest BCUT2D eigenvalue weighted by molar-refractivity contribution is 7.26. The molecule has 0 spiro atoms. The summed E-state index contributed by atoms with van der Waals surface area (Å²) in [6.07, 6.45) is 6.04. The molecular formula is C27H26N6O3S2. The van der Waals surface area contributed by atoms with Crippen molar-refractivity contribution in [3.63, 3.8) is 0 Å². The lowest BCUT2D eigenvalue weighted by Gasteiger charge is -2.29. The molecule has 9 nitrogen and oxygen atoms in total. The molecule has 5 heterocycles. The number of carbonyl (C=O) groups is 2. The first-order valence-corrected chi connectivity index (χ1v) is 13.9. The second-order valence-electron chi connectivity index (χ2n) is 9.15. The highest BCUT2D eigenvalue weighted by Gasteiger charge is 2.37. The number of nitrogens with zero attached hydrogens (tertiary/aromatic N) is 3. The molecule has 4 aromatic heterocycles. The Morgan fingerprint density at radius 2 is 1.82 bits per heavy atom. The molecule has 1 unspecified atom stereocenters. The van der Waals surface area contributed by atoms with E-state index in [9.17, 15) is 9.59 Å². The number of hydrogen-bond acceptors (Lipinski definition) is 7. The van der Waals surface area contributed by atoms with E-state index in [-0.39, 0.29) is 17.9 Å². The van der Waals surface area contributed by atoms with Crippen LogP contribution < -0.4 is 5.32 Å². The van der Waals surface area contributed by atoms with Crippen LogP contribution in [0, 0.1) is 29.6 Å². The molecule has 11 heteroatoms. The van der Waals surface area contributed by atoms with Crippen LogP contribution in [0.1, 0.15) is 61.1 Å². The van der Waals surface area contributed by atoms with Gasteiger partial charge in [-0.05, 0) is 30.6 Å². The number of thiophene rings is 2. The minimum absolute atomic E-state index is 0.0856. The van der Waals surface area contributed by atoms with Gasteiger partial charge in [-0.25, -0.2) is 14.8 Å². The Balaban J connectivity index is 1.32. The number of likely N-dealkylation sites (tertiary alicyclic amines) is 1. The maximum absolute atomic E-state index is 13.3. The number of methoxy groups -OCH3 is 1. The normalized spacial score (nSPS) is 15.6. The van der Waals surface area contributed by atoms with Gasteiger partial charge >= 0.3 is 6.09 Å². The molecule has 1 aliphatic rings. The summed E-state index contributed by atoms with van der Waals surface area (Å²) in [4.78, 5) is 41.7. The van der Waals surface area contributed by atoms with Gasteiger partial charge in [0.25, 0.3) is 0 Å². The van der Waals surface area contributed by atoms with Crippen LogP contribution in [-0.2, 0) is 9.53 Å². The second kappa shape index (κ2) is 11.1. The van der Waals surface area contributed by atoms with Crippen LogP contribution in [0.4, 0.5) is 4.79 Å². The Morgan fingerprint density at radius 1 is 1.11 bits per heavy atom. The van der Waals surface area contributed by atoms with Gasteiger partial charge in [0, 0.05) is 17.3 Å². The number of carbonyl (C=O) groups excluding carboxylic acids is 2. The van der Waals surface area contributed by atoms with Gasteiger partial charge in [-0.3, -0.25) is 4.79 Å². The molecule has 0 aliphatic carbocycles. The van der Waals surface area contributed by atoms with Gasteiger partial charge in [-0.15, -0.1) is 22.7 Å². The van der Waals surface area contributed by atoms with Crippen LogP contribution in [-0.4, -0.2) is 56.5 Å². The van der Waals surface area contributed by atoms with Gasteiger partial charge < -0.3 is 24.9 Å². The highest BCUT2D eigenvalue weighted by Crippen LogP contribution is 2.34. The molecule has 3 N–H and O–H groups in total. The number of hydrogen-bond donors (Lipinski definition) is 3. The molecule has 2 amide bonds. The average Bonchev–Trinajstić information content (AvgIpc) is 3.73. The number of amides is 2. The molecular weight excluding hydrogens is 520 g/mol. The van der Waals surface area contributed by atoms with Crippen LogP contribution in [0.5, 0.6) is 0 Å². The third-order valence-electron chi connectivity index (χ3n) is 6.29. The molecule has 0 aromatic carbocycles. The van der Waals surface area contributed by atoms with Crippen LogP contribution in [0.25, 0.3) is 9.40 Å². The number of aromatic amines is 2. The lowest BCUT2D eigenvalue weighted by atomic mass is 10.0. The summed E-state index contributed by atoms with van der Waals surface area (Å²) in [5.74, 6) is 13.2. The maximum Gasteiger partial charge on any atom is 0.407 e. The van der Waals surface area contributed by atoms with Crippen molar-refractivity contribution in [2.24, 2.45) is 5.92 Å². The van der Waals surface area contributed by atoms with E-state index in [1.165, 1.54) is 7.11 Å². The minimum Gasteiger partial charge on any atom is -0.453 e. The number of alkyl carbamates (subject to hydrolysis) is 1. The van der Waals surface area contributed by atoms with Crippen molar-refractivity contribution in [2.45, 2.75) is 38.8 Å². The average molecular weight is 547 g/mol. The van der Waals surface area contributed by atoms with Crippen molar-refractivity contribution < 1.29 is 14.3 Å². The Bertz CT molecular complexity index is 1570. The van der Waals surface area contributed by atoms with Crippen molar-refractivity contribution in [3.8, 4) is 23.7 Å². The Hall–Kier alpha value is -4.06. The largest absolute Gasteiger partial charge is 0.453 e. The van der Waals surface area contributed by atoms with Gasteiger partial charge in [-0.1, -0.05) is 25.7 Å². The number of imidazole rings is 2. The first-order chi connectivity index (χ1) is 18.4. The van der Waals surface area contributed by atoms with E-state index in [1.54, 1.807) is 46.3 Å². The molecule has 0 radical (unpaired) electrons. The summed E-state index contributed by atoms with van der Waals surface area (Å²) in [5, 5.41) is 6.77. The van der Waals surface area contributed by atoms with Crippen molar-refractivity contribution in [1.29, 1.82) is 0 Å². The summed E-state index contributed by atoms with van der Waals surface area (Å²) in [5.41, 5.74) is 3.39. The number of ether oxygens (including phenoxy) is 1. The second-order valence-corrected chi connectivity index (χ2v) is 10.9. The summed E-state index contributed by atoms with van der Waals surface area (Å²) in [6.45, 7) is 4.40. The van der Waals surface area contributed by atoms with Crippen molar-refractivity contribution in [3.05, 3.63) is 57.8 Å². The van der Waals surface area contributed by atoms with E-state index in [2.05, 4.69) is 54.3 Å². The van der Waals surface area contributed by atoms with Crippen molar-refractivity contribution in [2.75, 3.05) is 13.7 Å². The monoisotopic (exact) mass is 546 g/mol. The number of H-pyrrole nitrogens is 2. The van der Waals surface area contributed by atoms with E-state index in [1.807, 2.05) is 19.2 Å². The van der Waals surface area contributed by atoms with Gasteiger partial charge in [-0.2, -0.15) is 0 Å². The number of rotatable bonds is 4. The van der Waals surface area contributed by atoms with Gasteiger partial charge in [0.2, 0.25) is 5.91 Å². The zero-order chi connectivity index (χ0) is 26.6. The number of fused-ring (bicyclic) bond motifs is 1. The quantitative estimate of drug-likeness (QED) is 0.331. The van der Waals surface area contributed by atoms with Gasteiger partial charge in [0.15, 0.2) is 0 Å². The molecule has 1 fully saturated rings. The number of aromatic nitrogens is 4. The van der Waals surface area contributed by atoms with E-state index in [4.69, 9.17) is 4.74 Å². The molecule has 5 rings (SSSR count). The van der Waals surface area contributed by atoms with E-state index in [0.717, 1.165) is 39.1 Å². The van der Waals surface area contributed by atoms with Gasteiger partial charge in [0.05, 0.1) is 52.4 Å². The Kier molecular flexibility index (Phi) is 7.50. The standard InChI is InChI=1S/C27H26N6O3S2/c1-16(2)22(32-27(35)36-3)26(34)33-10-4-5-21(33)25-29-12-20(31-25)9-7-18-14-38-23-17(13-37-24(18)23)6-8-19-11-28-15-30-19/h11-16,21-22H,4-5,10H2,1-3H3,(H,28,30)(H,29,31)(H,32,35)/t21?,22-/m0/s1. The third-order valence-corrected chi connectivity index (χ3v) is 8.44. The third kappa shape index (κ3) is 5.30. The molecule has 38 heavy (non-hydrogen) atoms. The van der Waals surface area contributed by atoms with Crippen molar-refractivity contribution >= 4 is 44.1 Å². The minimum atomic E-state index is -0.668. The van der Waals surface area contributed by atoms with Crippen LogP contribution in [0.2, 0.25) is 0 Å². The highest BCUT2D eigenvalue weighted by atomic mass is 32.1. The fraction of sp³-hybridized carbons (Fsp3) is 0.333. The summed E-state index contributed by atoms with van der Waals surface area (Å²) >= 11 is 3.26. The fourth-order valence-corrected chi connectivity index (χ4v) is 6.52. The summed E-state index contributed by atoms with van der Waals surface area (Å²) in [6, 6.07) is -0.863. The molecule has 0 bridgehead atoms. The Labute approximate surface area is 228 Å². The summed E-state index contributed by atoms with van der Waals surface area (Å²) < 4.78 is 6.94. The maximum atomic E-state index is 13.3. The van der Waals surface area contributed by atoms with E-state index >= 15 is 0 Å². The lowest BCUT2D eigenvalue weighted by molar-refractivity contribution is -0.135. The summed E-state index contributed by atoms with van der Waals surface area (Å²) in [7, 11) is 1.29. The first-order valence-electron chi connectivity index (χ1n) is 12.2. The van der Waals surface area contributed by atoms with Crippen LogP contribution in [0.3, 0.4) is 0 Å². The predicted molar refractivity (Wildman–Crippen MR) is 147 cm³/mol. The molecule has 194 valence electrons. The lowest BCUT2D eigenvalue weighted by Crippen LogP contribution is -2.51. The molecule has 1 saturated heterocycles. The zero-order valence-electron chi connectivity index (χ0n) is 21.1. The van der Waals surface area contributed by atoms with E-state index in [0.29, 0.717) is 18.1 Å². The number of nitrogens with one attached hydrogen (secondary N) is 3. The smallest absolute Gasteiger partial charge is 0.407 e. The predicted octanol–water partition coefficient (Wildman–Crippen LogP) is 4.25. The Morgan fingerprint density at radius 3 is 2.45 bits per heavy atom. The van der Waals surface area contributed by atoms with Crippen LogP contribution >= 0.6 is 22.7 Å².